The van der Waals surface area contributed by atoms with E-state index in [1.807, 2.05) is 71.6 Å². The predicted octanol–water partition coefficient (Wildman–Crippen LogP) is 4.05. The van der Waals surface area contributed by atoms with Crippen LogP contribution in [-0.4, -0.2) is 28.8 Å². The number of para-hydroxylation sites is 2. The standard InChI is InChI=1S/C24H25N3O3/c1-24(2)23(29)25-20-12-6-7-13-21(20)27(24)22(28)17-26(16-19-11-8-14-30-19)15-18-9-4-3-5-10-18/h3-14H,15-17H2,1-2H3,(H,25,29). The van der Waals surface area contributed by atoms with Crippen LogP contribution < -0.4 is 10.2 Å². The first-order valence-corrected chi connectivity index (χ1v) is 9.97. The Bertz CT molecular complexity index is 1030. The lowest BCUT2D eigenvalue weighted by Gasteiger charge is -2.42. The highest BCUT2D eigenvalue weighted by Gasteiger charge is 2.43. The van der Waals surface area contributed by atoms with Crippen LogP contribution in [0.4, 0.5) is 11.4 Å². The van der Waals surface area contributed by atoms with Crippen molar-refractivity contribution < 1.29 is 14.0 Å². The molecular formula is C24H25N3O3. The first-order chi connectivity index (χ1) is 14.4. The number of hydrogen-bond acceptors (Lipinski definition) is 4. The molecule has 154 valence electrons. The molecule has 6 nitrogen and oxygen atoms in total. The zero-order valence-corrected chi connectivity index (χ0v) is 17.2. The number of furan rings is 1. The van der Waals surface area contributed by atoms with E-state index in [2.05, 4.69) is 5.32 Å². The van der Waals surface area contributed by atoms with Gasteiger partial charge in [0.25, 0.3) is 0 Å². The molecule has 0 fully saturated rings. The maximum atomic E-state index is 13.5. The lowest BCUT2D eigenvalue weighted by molar-refractivity contribution is -0.127. The molecule has 2 amide bonds. The number of nitrogens with one attached hydrogen (secondary N) is 1. The summed E-state index contributed by atoms with van der Waals surface area (Å²) in [4.78, 5) is 29.9. The van der Waals surface area contributed by atoms with Crippen molar-refractivity contribution in [2.24, 2.45) is 0 Å². The molecule has 1 N–H and O–H groups in total. The van der Waals surface area contributed by atoms with Crippen molar-refractivity contribution in [2.75, 3.05) is 16.8 Å². The quantitative estimate of drug-likeness (QED) is 0.674. The Morgan fingerprint density at radius 3 is 2.47 bits per heavy atom. The summed E-state index contributed by atoms with van der Waals surface area (Å²) in [7, 11) is 0. The van der Waals surface area contributed by atoms with Crippen molar-refractivity contribution in [1.29, 1.82) is 0 Å². The molecule has 0 saturated heterocycles. The maximum absolute atomic E-state index is 13.5. The minimum absolute atomic E-state index is 0.134. The Kier molecular flexibility index (Phi) is 5.42. The molecule has 0 atom stereocenters. The Morgan fingerprint density at radius 2 is 1.73 bits per heavy atom. The average Bonchev–Trinajstić information content (AvgIpc) is 3.22. The van der Waals surface area contributed by atoms with Crippen LogP contribution in [0.1, 0.15) is 25.2 Å². The van der Waals surface area contributed by atoms with E-state index in [1.165, 1.54) is 0 Å². The third kappa shape index (κ3) is 4.00. The van der Waals surface area contributed by atoms with E-state index >= 15 is 0 Å². The summed E-state index contributed by atoms with van der Waals surface area (Å²) < 4.78 is 5.51. The van der Waals surface area contributed by atoms with Crippen LogP contribution >= 0.6 is 0 Å². The van der Waals surface area contributed by atoms with Gasteiger partial charge in [-0.15, -0.1) is 0 Å². The lowest BCUT2D eigenvalue weighted by Crippen LogP contribution is -2.60. The average molecular weight is 403 g/mol. The molecule has 30 heavy (non-hydrogen) atoms. The second kappa shape index (κ2) is 8.16. The molecule has 1 aliphatic rings. The number of benzene rings is 2. The van der Waals surface area contributed by atoms with Gasteiger partial charge in [0.05, 0.1) is 30.7 Å². The normalized spacial score (nSPS) is 15.0. The van der Waals surface area contributed by atoms with E-state index in [0.29, 0.717) is 24.5 Å². The summed E-state index contributed by atoms with van der Waals surface area (Å²) in [6.45, 7) is 4.78. The molecule has 2 aromatic carbocycles. The summed E-state index contributed by atoms with van der Waals surface area (Å²) >= 11 is 0. The highest BCUT2D eigenvalue weighted by atomic mass is 16.3. The zero-order chi connectivity index (χ0) is 21.1. The SMILES string of the molecule is CC1(C)C(=O)Nc2ccccc2N1C(=O)CN(Cc1ccccc1)Cc1ccco1. The molecule has 0 saturated carbocycles. The smallest absolute Gasteiger partial charge is 0.250 e. The van der Waals surface area contributed by atoms with Gasteiger partial charge in [0.2, 0.25) is 11.8 Å². The van der Waals surface area contributed by atoms with Gasteiger partial charge < -0.3 is 9.73 Å². The fourth-order valence-corrected chi connectivity index (χ4v) is 3.79. The van der Waals surface area contributed by atoms with Gasteiger partial charge in [-0.2, -0.15) is 0 Å². The van der Waals surface area contributed by atoms with Crippen LogP contribution in [0.25, 0.3) is 0 Å². The van der Waals surface area contributed by atoms with E-state index in [9.17, 15) is 9.59 Å². The van der Waals surface area contributed by atoms with Crippen LogP contribution in [0.3, 0.4) is 0 Å². The number of carbonyl (C=O) groups excluding carboxylic acids is 2. The summed E-state index contributed by atoms with van der Waals surface area (Å²) in [5, 5.41) is 2.90. The van der Waals surface area contributed by atoms with Gasteiger partial charge in [0, 0.05) is 6.54 Å². The van der Waals surface area contributed by atoms with Gasteiger partial charge in [-0.1, -0.05) is 42.5 Å². The summed E-state index contributed by atoms with van der Waals surface area (Å²) in [5.74, 6) is 0.453. The van der Waals surface area contributed by atoms with Gasteiger partial charge in [0.1, 0.15) is 11.3 Å². The largest absolute Gasteiger partial charge is 0.468 e. The van der Waals surface area contributed by atoms with E-state index < -0.39 is 5.54 Å². The zero-order valence-electron chi connectivity index (χ0n) is 17.2. The molecule has 0 bridgehead atoms. The second-order valence-corrected chi connectivity index (χ2v) is 7.97. The van der Waals surface area contributed by atoms with E-state index in [4.69, 9.17) is 4.42 Å². The van der Waals surface area contributed by atoms with Gasteiger partial charge in [-0.25, -0.2) is 0 Å². The Morgan fingerprint density at radius 1 is 1.00 bits per heavy atom. The predicted molar refractivity (Wildman–Crippen MR) is 116 cm³/mol. The van der Waals surface area contributed by atoms with E-state index in [-0.39, 0.29) is 18.4 Å². The number of amides is 2. The molecule has 0 radical (unpaired) electrons. The highest BCUT2D eigenvalue weighted by molar-refractivity contribution is 6.14. The molecule has 4 rings (SSSR count). The van der Waals surface area contributed by atoms with Gasteiger partial charge in [0.15, 0.2) is 0 Å². The van der Waals surface area contributed by atoms with Crippen molar-refractivity contribution in [3.05, 3.63) is 84.3 Å². The minimum Gasteiger partial charge on any atom is -0.468 e. The van der Waals surface area contributed by atoms with Crippen molar-refractivity contribution in [2.45, 2.75) is 32.5 Å². The van der Waals surface area contributed by atoms with E-state index in [0.717, 1.165) is 11.3 Å². The topological polar surface area (TPSA) is 65.8 Å². The van der Waals surface area contributed by atoms with Gasteiger partial charge in [-0.3, -0.25) is 19.4 Å². The van der Waals surface area contributed by atoms with Crippen LogP contribution in [0.2, 0.25) is 0 Å². The number of rotatable bonds is 6. The van der Waals surface area contributed by atoms with Crippen LogP contribution in [0.5, 0.6) is 0 Å². The van der Waals surface area contributed by atoms with Crippen LogP contribution in [0, 0.1) is 0 Å². The molecule has 1 aromatic heterocycles. The van der Waals surface area contributed by atoms with Crippen LogP contribution in [-0.2, 0) is 22.7 Å². The molecule has 0 aliphatic carbocycles. The third-order valence-corrected chi connectivity index (χ3v) is 5.32. The van der Waals surface area contributed by atoms with E-state index in [1.54, 1.807) is 25.0 Å². The van der Waals surface area contributed by atoms with Gasteiger partial charge in [-0.05, 0) is 43.7 Å². The molecule has 2 heterocycles. The summed E-state index contributed by atoms with van der Waals surface area (Å²) in [6.07, 6.45) is 1.63. The Hall–Kier alpha value is -3.38. The molecule has 1 aliphatic heterocycles. The maximum Gasteiger partial charge on any atom is 0.250 e. The second-order valence-electron chi connectivity index (χ2n) is 7.97. The monoisotopic (exact) mass is 403 g/mol. The number of carbonyl (C=O) groups is 2. The number of fused-ring (bicyclic) bond motifs is 1. The first-order valence-electron chi connectivity index (χ1n) is 9.97. The van der Waals surface area contributed by atoms with Crippen molar-refractivity contribution in [1.82, 2.24) is 4.90 Å². The molecule has 3 aromatic rings. The minimum atomic E-state index is -0.992. The molecular weight excluding hydrogens is 378 g/mol. The number of hydrogen-bond donors (Lipinski definition) is 1. The fourth-order valence-electron chi connectivity index (χ4n) is 3.79. The fraction of sp³-hybridized carbons (Fsp3) is 0.250. The molecule has 0 unspecified atom stereocenters. The number of anilines is 2. The molecule has 0 spiro atoms. The lowest BCUT2D eigenvalue weighted by atomic mass is 9.96. The van der Waals surface area contributed by atoms with Crippen LogP contribution in [0.15, 0.2) is 77.4 Å². The van der Waals surface area contributed by atoms with Crippen molar-refractivity contribution in [3.8, 4) is 0 Å². The van der Waals surface area contributed by atoms with Crippen molar-refractivity contribution in [3.63, 3.8) is 0 Å². The summed E-state index contributed by atoms with van der Waals surface area (Å²) in [6, 6.07) is 21.1. The van der Waals surface area contributed by atoms with Crippen molar-refractivity contribution >= 4 is 23.2 Å². The van der Waals surface area contributed by atoms with Gasteiger partial charge >= 0.3 is 0 Å². The Labute approximate surface area is 176 Å². The third-order valence-electron chi connectivity index (χ3n) is 5.32. The Balaban J connectivity index is 1.61. The number of nitrogens with zero attached hydrogens (tertiary/aromatic N) is 2. The first kappa shape index (κ1) is 19.9. The highest BCUT2D eigenvalue weighted by Crippen LogP contribution is 2.36. The molecule has 6 heteroatoms. The summed E-state index contributed by atoms with van der Waals surface area (Å²) in [5.41, 5.74) is 1.47.